The molecule has 7 nitrogen and oxygen atoms in total. The third kappa shape index (κ3) is 6.04. The molecule has 0 spiro atoms. The lowest BCUT2D eigenvalue weighted by atomic mass is 10.0. The number of carbonyl (C=O) groups excluding carboxylic acids is 1. The summed E-state index contributed by atoms with van der Waals surface area (Å²) in [6.45, 7) is 1.96. The van der Waals surface area contributed by atoms with E-state index in [1.54, 1.807) is 26.4 Å². The van der Waals surface area contributed by atoms with Crippen molar-refractivity contribution in [3.63, 3.8) is 0 Å². The van der Waals surface area contributed by atoms with Crippen LogP contribution in [0.15, 0.2) is 46.9 Å². The summed E-state index contributed by atoms with van der Waals surface area (Å²) in [4.78, 5) is 12.4. The highest BCUT2D eigenvalue weighted by molar-refractivity contribution is 5.76. The lowest BCUT2D eigenvalue weighted by Crippen LogP contribution is -2.28. The molecule has 1 heterocycles. The number of aryl methyl sites for hydroxylation is 1. The van der Waals surface area contributed by atoms with Gasteiger partial charge in [-0.25, -0.2) is 4.39 Å². The second-order valence-electron chi connectivity index (χ2n) is 7.02. The molecule has 0 saturated heterocycles. The van der Waals surface area contributed by atoms with Gasteiger partial charge in [0.05, 0.1) is 26.7 Å². The van der Waals surface area contributed by atoms with Gasteiger partial charge < -0.3 is 19.2 Å². The van der Waals surface area contributed by atoms with Gasteiger partial charge >= 0.3 is 0 Å². The summed E-state index contributed by atoms with van der Waals surface area (Å²) >= 11 is 0. The Kier molecular flexibility index (Phi) is 7.59. The van der Waals surface area contributed by atoms with Crippen molar-refractivity contribution < 1.29 is 23.1 Å². The van der Waals surface area contributed by atoms with Crippen LogP contribution >= 0.6 is 0 Å². The maximum Gasteiger partial charge on any atom is 0.221 e. The molecule has 8 heteroatoms. The van der Waals surface area contributed by atoms with Crippen molar-refractivity contribution in [2.45, 2.75) is 38.6 Å². The second-order valence-corrected chi connectivity index (χ2v) is 7.02. The number of ether oxygens (including phenoxy) is 2. The van der Waals surface area contributed by atoms with Gasteiger partial charge in [-0.1, -0.05) is 19.1 Å². The zero-order valence-corrected chi connectivity index (χ0v) is 17.9. The maximum atomic E-state index is 13.1. The molecule has 1 atom stereocenters. The number of carbonyl (C=O) groups is 1. The van der Waals surface area contributed by atoms with Crippen molar-refractivity contribution in [3.05, 3.63) is 71.2 Å². The molecule has 3 rings (SSSR count). The molecule has 0 unspecified atom stereocenters. The molecule has 31 heavy (non-hydrogen) atoms. The third-order valence-corrected chi connectivity index (χ3v) is 4.92. The zero-order valence-electron chi connectivity index (χ0n) is 17.9. The van der Waals surface area contributed by atoms with Crippen molar-refractivity contribution >= 4 is 5.91 Å². The molecule has 164 valence electrons. The molecular weight excluding hydrogens is 401 g/mol. The molecule has 0 radical (unpaired) electrons. The highest BCUT2D eigenvalue weighted by atomic mass is 19.1. The molecule has 3 aromatic rings. The van der Waals surface area contributed by atoms with Gasteiger partial charge in [0.25, 0.3) is 0 Å². The summed E-state index contributed by atoms with van der Waals surface area (Å²) in [6, 6.07) is 11.5. The van der Waals surface area contributed by atoms with Crippen LogP contribution < -0.4 is 14.8 Å². The van der Waals surface area contributed by atoms with Gasteiger partial charge in [0.2, 0.25) is 17.7 Å². The van der Waals surface area contributed by atoms with Crippen LogP contribution in [0.3, 0.4) is 0 Å². The molecule has 1 N–H and O–H groups in total. The summed E-state index contributed by atoms with van der Waals surface area (Å²) in [7, 11) is 3.19. The predicted octanol–water partition coefficient (Wildman–Crippen LogP) is 4.02. The van der Waals surface area contributed by atoms with E-state index in [2.05, 4.69) is 15.5 Å². The Bertz CT molecular complexity index is 1000. The van der Waals surface area contributed by atoms with Crippen LogP contribution in [0.1, 0.15) is 48.7 Å². The molecule has 0 aliphatic rings. The van der Waals surface area contributed by atoms with Gasteiger partial charge in [0.15, 0.2) is 0 Å². The van der Waals surface area contributed by atoms with Gasteiger partial charge in [-0.2, -0.15) is 0 Å². The van der Waals surface area contributed by atoms with Gasteiger partial charge in [0, 0.05) is 18.4 Å². The molecule has 0 saturated carbocycles. The van der Waals surface area contributed by atoms with Gasteiger partial charge in [-0.05, 0) is 42.3 Å². The van der Waals surface area contributed by atoms with Crippen LogP contribution in [0.25, 0.3) is 0 Å². The largest absolute Gasteiger partial charge is 0.497 e. The molecule has 0 aliphatic heterocycles. The van der Waals surface area contributed by atoms with E-state index in [0.717, 1.165) is 11.1 Å². The topological polar surface area (TPSA) is 86.5 Å². The highest BCUT2D eigenvalue weighted by Gasteiger charge is 2.15. The van der Waals surface area contributed by atoms with Gasteiger partial charge in [-0.15, -0.1) is 10.2 Å². The Balaban J connectivity index is 1.56. The average Bonchev–Trinajstić information content (AvgIpc) is 3.24. The number of hydrogen-bond acceptors (Lipinski definition) is 6. The van der Waals surface area contributed by atoms with Crippen molar-refractivity contribution in [2.75, 3.05) is 14.2 Å². The number of hydrogen-bond donors (Lipinski definition) is 1. The van der Waals surface area contributed by atoms with Crippen LogP contribution in [0, 0.1) is 5.82 Å². The van der Waals surface area contributed by atoms with E-state index in [-0.39, 0.29) is 24.2 Å². The van der Waals surface area contributed by atoms with Crippen LogP contribution in [-0.4, -0.2) is 30.3 Å². The standard InChI is InChI=1S/C23H26FN3O4/c1-4-19(15-5-7-17(24)8-6-15)25-21(28)11-12-22-26-27-23(31-22)14-16-13-18(29-2)9-10-20(16)30-3/h5-10,13,19H,4,11-12,14H2,1-3H3,(H,25,28)/t19-/m1/s1. The fourth-order valence-corrected chi connectivity index (χ4v) is 3.25. The van der Waals surface area contributed by atoms with E-state index in [0.29, 0.717) is 42.5 Å². The minimum Gasteiger partial charge on any atom is -0.497 e. The first kappa shape index (κ1) is 22.3. The average molecular weight is 427 g/mol. The lowest BCUT2D eigenvalue weighted by molar-refractivity contribution is -0.121. The quantitative estimate of drug-likeness (QED) is 0.526. The van der Waals surface area contributed by atoms with E-state index in [1.165, 1.54) is 12.1 Å². The van der Waals surface area contributed by atoms with Crippen molar-refractivity contribution in [1.29, 1.82) is 0 Å². The molecule has 0 bridgehead atoms. The molecule has 1 aromatic heterocycles. The number of methoxy groups -OCH3 is 2. The second kappa shape index (κ2) is 10.6. The molecule has 2 aromatic carbocycles. The number of halogens is 1. The summed E-state index contributed by atoms with van der Waals surface area (Å²) in [5, 5.41) is 11.1. The van der Waals surface area contributed by atoms with Gasteiger partial charge in [-0.3, -0.25) is 4.79 Å². The number of aromatic nitrogens is 2. The van der Waals surface area contributed by atoms with E-state index in [4.69, 9.17) is 13.9 Å². The molecule has 0 aliphatic carbocycles. The smallest absolute Gasteiger partial charge is 0.221 e. The zero-order chi connectivity index (χ0) is 22.2. The maximum absolute atomic E-state index is 13.1. The molecule has 1 amide bonds. The van der Waals surface area contributed by atoms with Crippen molar-refractivity contribution in [1.82, 2.24) is 15.5 Å². The van der Waals surface area contributed by atoms with Gasteiger partial charge in [0.1, 0.15) is 17.3 Å². The first-order valence-corrected chi connectivity index (χ1v) is 10.1. The van der Waals surface area contributed by atoms with Crippen LogP contribution in [0.2, 0.25) is 0 Å². The van der Waals surface area contributed by atoms with E-state index in [9.17, 15) is 9.18 Å². The SMILES string of the molecule is CC[C@@H](NC(=O)CCc1nnc(Cc2cc(OC)ccc2OC)o1)c1ccc(F)cc1. The molecule has 0 fully saturated rings. The van der Waals surface area contributed by atoms with E-state index < -0.39 is 0 Å². The fourth-order valence-electron chi connectivity index (χ4n) is 3.25. The lowest BCUT2D eigenvalue weighted by Gasteiger charge is -2.17. The van der Waals surface area contributed by atoms with E-state index >= 15 is 0 Å². The Labute approximate surface area is 180 Å². The number of nitrogens with zero attached hydrogens (tertiary/aromatic N) is 2. The summed E-state index contributed by atoms with van der Waals surface area (Å²) in [5.74, 6) is 1.79. The number of rotatable bonds is 10. The van der Waals surface area contributed by atoms with Crippen LogP contribution in [0.5, 0.6) is 11.5 Å². The van der Waals surface area contributed by atoms with Crippen molar-refractivity contribution in [3.8, 4) is 11.5 Å². The number of amides is 1. The summed E-state index contributed by atoms with van der Waals surface area (Å²) in [6.07, 6.45) is 1.63. The first-order chi connectivity index (χ1) is 15.0. The minimum absolute atomic E-state index is 0.134. The normalized spacial score (nSPS) is 11.7. The van der Waals surface area contributed by atoms with E-state index in [1.807, 2.05) is 25.1 Å². The Morgan fingerprint density at radius 1 is 1.10 bits per heavy atom. The fraction of sp³-hybridized carbons (Fsp3) is 0.348. The summed E-state index contributed by atoms with van der Waals surface area (Å²) < 4.78 is 29.5. The minimum atomic E-state index is -0.302. The monoisotopic (exact) mass is 427 g/mol. The Morgan fingerprint density at radius 3 is 2.52 bits per heavy atom. The third-order valence-electron chi connectivity index (χ3n) is 4.92. The summed E-state index contributed by atoms with van der Waals surface area (Å²) in [5.41, 5.74) is 1.73. The Hall–Kier alpha value is -3.42. The Morgan fingerprint density at radius 2 is 1.84 bits per heavy atom. The highest BCUT2D eigenvalue weighted by Crippen LogP contribution is 2.26. The van der Waals surface area contributed by atoms with Crippen molar-refractivity contribution in [2.24, 2.45) is 0 Å². The first-order valence-electron chi connectivity index (χ1n) is 10.1. The van der Waals surface area contributed by atoms with Crippen LogP contribution in [0.4, 0.5) is 4.39 Å². The number of nitrogens with one attached hydrogen (secondary N) is 1. The molecular formula is C23H26FN3O4. The predicted molar refractivity (Wildman–Crippen MR) is 113 cm³/mol. The van der Waals surface area contributed by atoms with Crippen LogP contribution in [-0.2, 0) is 17.6 Å². The number of benzene rings is 2.